The van der Waals surface area contributed by atoms with Crippen LogP contribution in [0.15, 0.2) is 0 Å². The van der Waals surface area contributed by atoms with Crippen molar-refractivity contribution in [3.8, 4) is 0 Å². The number of aryl methyl sites for hydroxylation is 2. The fourth-order valence-electron chi connectivity index (χ4n) is 2.26. The van der Waals surface area contributed by atoms with E-state index in [4.69, 9.17) is 4.74 Å². The van der Waals surface area contributed by atoms with Gasteiger partial charge in [0, 0.05) is 23.9 Å². The van der Waals surface area contributed by atoms with Gasteiger partial charge in [0.25, 0.3) is 0 Å². The highest BCUT2D eigenvalue weighted by molar-refractivity contribution is 5.92. The van der Waals surface area contributed by atoms with E-state index in [1.807, 2.05) is 27.7 Å². The van der Waals surface area contributed by atoms with Gasteiger partial charge in [0.1, 0.15) is 0 Å². The Labute approximate surface area is 126 Å². The van der Waals surface area contributed by atoms with Crippen molar-refractivity contribution in [1.29, 1.82) is 0 Å². The standard InChI is InChI=1S/C16H26N2O3/c1-6-10(3)17-14(19)9-8-13-11(4)15(12(5)18-13)16(20)21-7-2/h10,18H,6-9H2,1-5H3,(H,17,19)/t10-/m1/s1. The molecule has 5 heteroatoms. The molecule has 21 heavy (non-hydrogen) atoms. The third-order valence-corrected chi connectivity index (χ3v) is 3.64. The molecule has 5 nitrogen and oxygen atoms in total. The Balaban J connectivity index is 2.71. The maximum absolute atomic E-state index is 11.9. The average molecular weight is 294 g/mol. The molecule has 0 spiro atoms. The molecule has 1 aromatic heterocycles. The molecule has 0 aliphatic carbocycles. The first-order valence-electron chi connectivity index (χ1n) is 7.55. The number of rotatable bonds is 7. The minimum absolute atomic E-state index is 0.0358. The van der Waals surface area contributed by atoms with Gasteiger partial charge in [0.05, 0.1) is 12.2 Å². The van der Waals surface area contributed by atoms with Crippen molar-refractivity contribution in [3.05, 3.63) is 22.5 Å². The summed E-state index contributed by atoms with van der Waals surface area (Å²) in [5, 5.41) is 2.94. The lowest BCUT2D eigenvalue weighted by atomic mass is 10.1. The van der Waals surface area contributed by atoms with Gasteiger partial charge < -0.3 is 15.0 Å². The third-order valence-electron chi connectivity index (χ3n) is 3.64. The molecule has 1 aromatic rings. The maximum atomic E-state index is 11.9. The topological polar surface area (TPSA) is 71.2 Å². The molecule has 1 heterocycles. The molecule has 0 aliphatic rings. The number of esters is 1. The summed E-state index contributed by atoms with van der Waals surface area (Å²) in [7, 11) is 0. The van der Waals surface area contributed by atoms with Crippen molar-refractivity contribution in [3.63, 3.8) is 0 Å². The fraction of sp³-hybridized carbons (Fsp3) is 0.625. The Morgan fingerprint density at radius 2 is 1.95 bits per heavy atom. The van der Waals surface area contributed by atoms with Gasteiger partial charge in [-0.2, -0.15) is 0 Å². The zero-order valence-corrected chi connectivity index (χ0v) is 13.6. The Hall–Kier alpha value is -1.78. The number of aromatic nitrogens is 1. The van der Waals surface area contributed by atoms with Crippen LogP contribution in [0.3, 0.4) is 0 Å². The first kappa shape index (κ1) is 17.3. The van der Waals surface area contributed by atoms with Crippen LogP contribution in [0.1, 0.15) is 60.9 Å². The van der Waals surface area contributed by atoms with Gasteiger partial charge in [-0.15, -0.1) is 0 Å². The zero-order chi connectivity index (χ0) is 16.0. The number of H-pyrrole nitrogens is 1. The molecule has 1 amide bonds. The molecule has 2 N–H and O–H groups in total. The molecule has 0 aliphatic heterocycles. The quantitative estimate of drug-likeness (QED) is 0.759. The Morgan fingerprint density at radius 1 is 1.29 bits per heavy atom. The van der Waals surface area contributed by atoms with E-state index in [0.717, 1.165) is 23.4 Å². The molecular weight excluding hydrogens is 268 g/mol. The summed E-state index contributed by atoms with van der Waals surface area (Å²) in [5.41, 5.74) is 3.19. The maximum Gasteiger partial charge on any atom is 0.340 e. The van der Waals surface area contributed by atoms with Gasteiger partial charge in [0.15, 0.2) is 0 Å². The molecule has 0 unspecified atom stereocenters. The van der Waals surface area contributed by atoms with Gasteiger partial charge in [0.2, 0.25) is 5.91 Å². The van der Waals surface area contributed by atoms with Crippen molar-refractivity contribution in [2.75, 3.05) is 6.61 Å². The molecule has 0 saturated heterocycles. The Morgan fingerprint density at radius 3 is 2.52 bits per heavy atom. The van der Waals surface area contributed by atoms with Gasteiger partial charge >= 0.3 is 5.97 Å². The zero-order valence-electron chi connectivity index (χ0n) is 13.6. The second kappa shape index (κ2) is 7.86. The van der Waals surface area contributed by atoms with E-state index in [1.54, 1.807) is 6.92 Å². The van der Waals surface area contributed by atoms with Crippen LogP contribution in [-0.2, 0) is 16.0 Å². The average Bonchev–Trinajstić information content (AvgIpc) is 2.71. The number of hydrogen-bond donors (Lipinski definition) is 2. The van der Waals surface area contributed by atoms with Crippen LogP contribution in [0.2, 0.25) is 0 Å². The van der Waals surface area contributed by atoms with Crippen LogP contribution < -0.4 is 5.32 Å². The molecule has 118 valence electrons. The van der Waals surface area contributed by atoms with E-state index in [1.165, 1.54) is 0 Å². The minimum atomic E-state index is -0.306. The molecular formula is C16H26N2O3. The minimum Gasteiger partial charge on any atom is -0.462 e. The highest BCUT2D eigenvalue weighted by atomic mass is 16.5. The SMILES string of the molecule is CCOC(=O)c1c(C)[nH]c(CCC(=O)N[C@H](C)CC)c1C. The summed E-state index contributed by atoms with van der Waals surface area (Å²) in [6, 6.07) is 0.194. The third kappa shape index (κ3) is 4.62. The molecule has 0 fully saturated rings. The molecule has 1 atom stereocenters. The van der Waals surface area contributed by atoms with Gasteiger partial charge in [-0.05, 0) is 46.1 Å². The predicted molar refractivity (Wildman–Crippen MR) is 82.4 cm³/mol. The normalized spacial score (nSPS) is 12.0. The Kier molecular flexibility index (Phi) is 6.46. The van der Waals surface area contributed by atoms with Crippen molar-refractivity contribution < 1.29 is 14.3 Å². The first-order valence-corrected chi connectivity index (χ1v) is 7.55. The van der Waals surface area contributed by atoms with E-state index in [0.29, 0.717) is 25.0 Å². The molecule has 1 rings (SSSR count). The van der Waals surface area contributed by atoms with Crippen LogP contribution >= 0.6 is 0 Å². The van der Waals surface area contributed by atoms with Gasteiger partial charge in [-0.1, -0.05) is 6.92 Å². The number of ether oxygens (including phenoxy) is 1. The summed E-state index contributed by atoms with van der Waals surface area (Å²) in [6.07, 6.45) is 1.92. The molecule has 0 bridgehead atoms. The van der Waals surface area contributed by atoms with Crippen molar-refractivity contribution in [2.24, 2.45) is 0 Å². The number of hydrogen-bond acceptors (Lipinski definition) is 3. The van der Waals surface area contributed by atoms with Gasteiger partial charge in [-0.25, -0.2) is 4.79 Å². The number of carbonyl (C=O) groups is 2. The van der Waals surface area contributed by atoms with E-state index in [-0.39, 0.29) is 17.9 Å². The second-order valence-electron chi connectivity index (χ2n) is 5.33. The van der Waals surface area contributed by atoms with E-state index < -0.39 is 0 Å². The lowest BCUT2D eigenvalue weighted by Gasteiger charge is -2.11. The second-order valence-corrected chi connectivity index (χ2v) is 5.33. The predicted octanol–water partition coefficient (Wildman–Crippen LogP) is 2.66. The van der Waals surface area contributed by atoms with Crippen LogP contribution in [-0.4, -0.2) is 29.5 Å². The van der Waals surface area contributed by atoms with Crippen LogP contribution in [0.5, 0.6) is 0 Å². The monoisotopic (exact) mass is 294 g/mol. The number of carbonyl (C=O) groups excluding carboxylic acids is 2. The van der Waals surface area contributed by atoms with Crippen molar-refractivity contribution >= 4 is 11.9 Å². The van der Waals surface area contributed by atoms with Crippen molar-refractivity contribution in [1.82, 2.24) is 10.3 Å². The summed E-state index contributed by atoms with van der Waals surface area (Å²) in [4.78, 5) is 26.9. The van der Waals surface area contributed by atoms with Gasteiger partial charge in [-0.3, -0.25) is 4.79 Å². The molecule has 0 aromatic carbocycles. The smallest absolute Gasteiger partial charge is 0.340 e. The number of amides is 1. The highest BCUT2D eigenvalue weighted by Crippen LogP contribution is 2.20. The summed E-state index contributed by atoms with van der Waals surface area (Å²) >= 11 is 0. The summed E-state index contributed by atoms with van der Waals surface area (Å²) in [6.45, 7) is 9.90. The van der Waals surface area contributed by atoms with Crippen LogP contribution in [0, 0.1) is 13.8 Å². The number of aromatic amines is 1. The fourth-order valence-corrected chi connectivity index (χ4v) is 2.26. The summed E-state index contributed by atoms with van der Waals surface area (Å²) < 4.78 is 5.06. The lowest BCUT2D eigenvalue weighted by Crippen LogP contribution is -2.32. The van der Waals surface area contributed by atoms with Crippen molar-refractivity contribution in [2.45, 2.75) is 59.9 Å². The lowest BCUT2D eigenvalue weighted by molar-refractivity contribution is -0.121. The molecule has 0 saturated carbocycles. The number of nitrogens with one attached hydrogen (secondary N) is 2. The van der Waals surface area contributed by atoms with E-state index in [2.05, 4.69) is 10.3 Å². The molecule has 0 radical (unpaired) electrons. The van der Waals surface area contributed by atoms with Crippen LogP contribution in [0.4, 0.5) is 0 Å². The van der Waals surface area contributed by atoms with E-state index >= 15 is 0 Å². The highest BCUT2D eigenvalue weighted by Gasteiger charge is 2.19. The summed E-state index contributed by atoms with van der Waals surface area (Å²) in [5.74, 6) is -0.271. The first-order chi connectivity index (χ1) is 9.90. The van der Waals surface area contributed by atoms with Crippen LogP contribution in [0.25, 0.3) is 0 Å². The van der Waals surface area contributed by atoms with E-state index in [9.17, 15) is 9.59 Å². The largest absolute Gasteiger partial charge is 0.462 e. The Bertz CT molecular complexity index is 506.